The summed E-state index contributed by atoms with van der Waals surface area (Å²) in [6.45, 7) is 4.00. The van der Waals surface area contributed by atoms with Gasteiger partial charge in [0.05, 0.1) is 4.92 Å². The number of hydrogen-bond donors (Lipinski definition) is 0. The van der Waals surface area contributed by atoms with Gasteiger partial charge in [-0.1, -0.05) is 26.0 Å². The van der Waals surface area contributed by atoms with E-state index in [1.165, 1.54) is 12.1 Å². The fourth-order valence-electron chi connectivity index (χ4n) is 1.11. The predicted octanol–water partition coefficient (Wildman–Crippen LogP) is 3.11. The zero-order valence-electron chi connectivity index (χ0n) is 8.16. The number of halogens is 1. The fraction of sp³-hybridized carbons (Fsp3) is 0.400. The van der Waals surface area contributed by atoms with Crippen LogP contribution >= 0.6 is 11.6 Å². The van der Waals surface area contributed by atoms with Gasteiger partial charge in [0, 0.05) is 23.4 Å². The van der Waals surface area contributed by atoms with Crippen LogP contribution in [0.3, 0.4) is 0 Å². The van der Waals surface area contributed by atoms with Crippen molar-refractivity contribution in [3.8, 4) is 0 Å². The Morgan fingerprint density at radius 3 is 2.21 bits per heavy atom. The number of nitro benzene ring substituents is 1. The highest BCUT2D eigenvalue weighted by Gasteiger charge is 2.19. The van der Waals surface area contributed by atoms with Crippen molar-refractivity contribution in [3.05, 3.63) is 39.9 Å². The van der Waals surface area contributed by atoms with Gasteiger partial charge in [-0.25, -0.2) is 0 Å². The van der Waals surface area contributed by atoms with Crippen LogP contribution in [0.2, 0.25) is 0 Å². The van der Waals surface area contributed by atoms with Gasteiger partial charge in [-0.15, -0.1) is 11.6 Å². The van der Waals surface area contributed by atoms with Crippen LogP contribution in [0, 0.1) is 10.1 Å². The Bertz CT molecular complexity index is 332. The number of nitro groups is 1. The van der Waals surface area contributed by atoms with Gasteiger partial charge in [-0.2, -0.15) is 0 Å². The molecule has 0 spiro atoms. The summed E-state index contributed by atoms with van der Waals surface area (Å²) in [5.41, 5.74) is 0.980. The second kappa shape index (κ2) is 3.96. The molecule has 0 fully saturated rings. The quantitative estimate of drug-likeness (QED) is 0.440. The highest BCUT2D eigenvalue weighted by Crippen LogP contribution is 2.26. The molecular formula is C10H12ClNO2. The number of non-ortho nitro benzene ring substituents is 1. The first-order chi connectivity index (χ1) is 6.47. The van der Waals surface area contributed by atoms with Crippen molar-refractivity contribution in [1.82, 2.24) is 0 Å². The molecule has 1 aromatic carbocycles. The van der Waals surface area contributed by atoms with E-state index >= 15 is 0 Å². The third-order valence-corrected chi connectivity index (χ3v) is 2.86. The molecule has 0 aromatic heterocycles. The molecule has 76 valence electrons. The number of benzene rings is 1. The van der Waals surface area contributed by atoms with Crippen molar-refractivity contribution in [3.63, 3.8) is 0 Å². The van der Waals surface area contributed by atoms with Crippen molar-refractivity contribution in [2.75, 3.05) is 5.88 Å². The summed E-state index contributed by atoms with van der Waals surface area (Å²) < 4.78 is 0. The molecule has 3 nitrogen and oxygen atoms in total. The Balaban J connectivity index is 2.99. The Kier molecular flexibility index (Phi) is 3.11. The van der Waals surface area contributed by atoms with Gasteiger partial charge in [0.25, 0.3) is 5.69 Å². The van der Waals surface area contributed by atoms with Crippen LogP contribution in [0.15, 0.2) is 24.3 Å². The molecule has 0 saturated carbocycles. The largest absolute Gasteiger partial charge is 0.269 e. The third kappa shape index (κ3) is 2.23. The van der Waals surface area contributed by atoms with E-state index in [0.29, 0.717) is 5.88 Å². The number of alkyl halides is 1. The third-order valence-electron chi connectivity index (χ3n) is 2.19. The minimum absolute atomic E-state index is 0.110. The van der Waals surface area contributed by atoms with Crippen molar-refractivity contribution < 1.29 is 4.92 Å². The molecule has 0 aliphatic carbocycles. The molecule has 0 aliphatic heterocycles. The first kappa shape index (κ1) is 11.0. The smallest absolute Gasteiger partial charge is 0.258 e. The lowest BCUT2D eigenvalue weighted by Crippen LogP contribution is -2.18. The normalized spacial score (nSPS) is 11.4. The molecule has 1 aromatic rings. The average Bonchev–Trinajstić information content (AvgIpc) is 2.18. The van der Waals surface area contributed by atoms with E-state index in [9.17, 15) is 10.1 Å². The predicted molar refractivity (Wildman–Crippen MR) is 56.8 cm³/mol. The number of nitrogens with zero attached hydrogens (tertiary/aromatic N) is 1. The van der Waals surface area contributed by atoms with Gasteiger partial charge in [0.15, 0.2) is 0 Å². The standard InChI is InChI=1S/C10H12ClNO2/c1-10(2,7-11)8-3-5-9(6-4-8)12(13)14/h3-6H,7H2,1-2H3. The highest BCUT2D eigenvalue weighted by molar-refractivity contribution is 6.18. The Morgan fingerprint density at radius 2 is 1.86 bits per heavy atom. The summed E-state index contributed by atoms with van der Waals surface area (Å²) in [6.07, 6.45) is 0. The summed E-state index contributed by atoms with van der Waals surface area (Å²) in [4.78, 5) is 10.0. The van der Waals surface area contributed by atoms with E-state index in [0.717, 1.165) is 5.56 Å². The minimum Gasteiger partial charge on any atom is -0.258 e. The molecular weight excluding hydrogens is 202 g/mol. The minimum atomic E-state index is -0.405. The summed E-state index contributed by atoms with van der Waals surface area (Å²) >= 11 is 5.80. The molecule has 0 aliphatic rings. The fourth-order valence-corrected chi connectivity index (χ4v) is 1.27. The second-order valence-electron chi connectivity index (χ2n) is 3.82. The molecule has 1 rings (SSSR count). The molecule has 0 atom stereocenters. The molecule has 0 bridgehead atoms. The molecule has 0 saturated heterocycles. The topological polar surface area (TPSA) is 43.1 Å². The molecule has 0 unspecified atom stereocenters. The lowest BCUT2D eigenvalue weighted by Gasteiger charge is -2.21. The molecule has 0 heterocycles. The van der Waals surface area contributed by atoms with E-state index in [2.05, 4.69) is 0 Å². The average molecular weight is 214 g/mol. The summed E-state index contributed by atoms with van der Waals surface area (Å²) in [7, 11) is 0. The monoisotopic (exact) mass is 213 g/mol. The lowest BCUT2D eigenvalue weighted by molar-refractivity contribution is -0.384. The van der Waals surface area contributed by atoms with E-state index in [-0.39, 0.29) is 11.1 Å². The van der Waals surface area contributed by atoms with Gasteiger partial charge >= 0.3 is 0 Å². The van der Waals surface area contributed by atoms with Crippen molar-refractivity contribution in [1.29, 1.82) is 0 Å². The summed E-state index contributed by atoms with van der Waals surface area (Å²) in [5.74, 6) is 0.491. The first-order valence-corrected chi connectivity index (χ1v) is 4.82. The summed E-state index contributed by atoms with van der Waals surface area (Å²) in [6, 6.07) is 6.51. The van der Waals surface area contributed by atoms with Crippen molar-refractivity contribution in [2.45, 2.75) is 19.3 Å². The van der Waals surface area contributed by atoms with E-state index in [4.69, 9.17) is 11.6 Å². The Morgan fingerprint density at radius 1 is 1.36 bits per heavy atom. The molecule has 14 heavy (non-hydrogen) atoms. The van der Waals surface area contributed by atoms with Crippen LogP contribution in [0.4, 0.5) is 5.69 Å². The van der Waals surface area contributed by atoms with Gasteiger partial charge < -0.3 is 0 Å². The van der Waals surface area contributed by atoms with Crippen LogP contribution in [0.25, 0.3) is 0 Å². The van der Waals surface area contributed by atoms with Crippen molar-refractivity contribution in [2.24, 2.45) is 0 Å². The van der Waals surface area contributed by atoms with Crippen LogP contribution in [-0.2, 0) is 5.41 Å². The molecule has 0 amide bonds. The molecule has 4 heteroatoms. The van der Waals surface area contributed by atoms with Crippen molar-refractivity contribution >= 4 is 17.3 Å². The lowest BCUT2D eigenvalue weighted by atomic mass is 9.87. The van der Waals surface area contributed by atoms with Crippen LogP contribution in [0.1, 0.15) is 19.4 Å². The van der Waals surface area contributed by atoms with E-state index in [1.807, 2.05) is 13.8 Å². The zero-order chi connectivity index (χ0) is 10.8. The van der Waals surface area contributed by atoms with Gasteiger partial charge in [-0.3, -0.25) is 10.1 Å². The van der Waals surface area contributed by atoms with Crippen LogP contribution < -0.4 is 0 Å². The summed E-state index contributed by atoms with van der Waals surface area (Å²) in [5, 5.41) is 10.4. The maximum atomic E-state index is 10.4. The number of hydrogen-bond acceptors (Lipinski definition) is 2. The maximum Gasteiger partial charge on any atom is 0.269 e. The van der Waals surface area contributed by atoms with Gasteiger partial charge in [0.1, 0.15) is 0 Å². The SMILES string of the molecule is CC(C)(CCl)c1ccc([N+](=O)[O-])cc1. The molecule has 0 radical (unpaired) electrons. The zero-order valence-corrected chi connectivity index (χ0v) is 8.91. The number of rotatable bonds is 3. The van der Waals surface area contributed by atoms with Gasteiger partial charge in [0.2, 0.25) is 0 Å². The van der Waals surface area contributed by atoms with Crippen LogP contribution in [-0.4, -0.2) is 10.8 Å². The highest BCUT2D eigenvalue weighted by atomic mass is 35.5. The maximum absolute atomic E-state index is 10.4. The Labute approximate surface area is 87.8 Å². The molecule has 0 N–H and O–H groups in total. The van der Waals surface area contributed by atoms with E-state index in [1.54, 1.807) is 12.1 Å². The second-order valence-corrected chi connectivity index (χ2v) is 4.09. The van der Waals surface area contributed by atoms with E-state index < -0.39 is 4.92 Å². The van der Waals surface area contributed by atoms with Gasteiger partial charge in [-0.05, 0) is 5.56 Å². The van der Waals surface area contributed by atoms with Crippen LogP contribution in [0.5, 0.6) is 0 Å². The Hall–Kier alpha value is -1.09. The first-order valence-electron chi connectivity index (χ1n) is 4.28.